The van der Waals surface area contributed by atoms with Crippen molar-refractivity contribution in [1.29, 1.82) is 0 Å². The van der Waals surface area contributed by atoms with Gasteiger partial charge >= 0.3 is 0 Å². The van der Waals surface area contributed by atoms with E-state index in [9.17, 15) is 4.79 Å². The molecule has 0 aromatic heterocycles. The van der Waals surface area contributed by atoms with E-state index >= 15 is 0 Å². The van der Waals surface area contributed by atoms with Crippen LogP contribution in [0.5, 0.6) is 0 Å². The molecule has 3 aliphatic carbocycles. The average Bonchev–Trinajstić information content (AvgIpc) is 2.98. The van der Waals surface area contributed by atoms with E-state index in [1.165, 1.54) is 44.9 Å². The summed E-state index contributed by atoms with van der Waals surface area (Å²) in [5.74, 6) is 5.64. The van der Waals surface area contributed by atoms with Crippen LogP contribution >= 0.6 is 0 Å². The van der Waals surface area contributed by atoms with E-state index in [-0.39, 0.29) is 0 Å². The number of hydrogen-bond acceptors (Lipinski definition) is 1. The Morgan fingerprint density at radius 1 is 1.11 bits per heavy atom. The summed E-state index contributed by atoms with van der Waals surface area (Å²) in [7, 11) is 2.09. The first-order valence-corrected chi connectivity index (χ1v) is 12.0. The number of amides is 1. The van der Waals surface area contributed by atoms with Crippen molar-refractivity contribution in [1.82, 2.24) is 4.90 Å². The van der Waals surface area contributed by atoms with Crippen LogP contribution in [0.1, 0.15) is 92.4 Å². The molecular weight excluding hydrogens is 330 g/mol. The van der Waals surface area contributed by atoms with E-state index in [1.807, 2.05) is 0 Å². The Balaban J connectivity index is 1.63. The average molecular weight is 374 g/mol. The van der Waals surface area contributed by atoms with Crippen molar-refractivity contribution in [2.24, 2.45) is 46.3 Å². The van der Waals surface area contributed by atoms with Gasteiger partial charge in [-0.1, -0.05) is 47.5 Å². The Bertz CT molecular complexity index is 587. The van der Waals surface area contributed by atoms with Crippen LogP contribution in [-0.2, 0) is 4.79 Å². The van der Waals surface area contributed by atoms with Crippen LogP contribution in [0.15, 0.2) is 0 Å². The van der Waals surface area contributed by atoms with Crippen LogP contribution in [0, 0.1) is 46.3 Å². The minimum Gasteiger partial charge on any atom is -0.342 e. The van der Waals surface area contributed by atoms with Gasteiger partial charge in [-0.25, -0.2) is 0 Å². The smallest absolute Gasteiger partial charge is 0.222 e. The molecule has 2 heteroatoms. The van der Waals surface area contributed by atoms with Gasteiger partial charge in [0.05, 0.1) is 0 Å². The number of carbonyl (C=O) groups is 1. The molecule has 0 aromatic rings. The zero-order valence-corrected chi connectivity index (χ0v) is 18.8. The molecule has 0 radical (unpaired) electrons. The number of piperidine rings is 1. The summed E-state index contributed by atoms with van der Waals surface area (Å²) in [6.07, 6.45) is 11.7. The molecular formula is C25H43NO. The maximum absolute atomic E-state index is 12.4. The Kier molecular flexibility index (Phi) is 4.96. The third-order valence-electron chi connectivity index (χ3n) is 10.4. The van der Waals surface area contributed by atoms with Crippen molar-refractivity contribution in [3.05, 3.63) is 0 Å². The number of carbonyl (C=O) groups excluding carboxylic acids is 1. The molecule has 2 nitrogen and oxygen atoms in total. The molecule has 1 aliphatic heterocycles. The van der Waals surface area contributed by atoms with Gasteiger partial charge in [-0.3, -0.25) is 4.79 Å². The number of hydrogen-bond donors (Lipinski definition) is 0. The van der Waals surface area contributed by atoms with Crippen LogP contribution in [-0.4, -0.2) is 23.9 Å². The van der Waals surface area contributed by atoms with E-state index in [2.05, 4.69) is 46.6 Å². The molecule has 4 aliphatic rings. The molecule has 0 N–H and O–H groups in total. The first-order valence-electron chi connectivity index (χ1n) is 12.0. The molecule has 4 fully saturated rings. The fourth-order valence-electron chi connectivity index (χ4n) is 9.09. The predicted molar refractivity (Wildman–Crippen MR) is 112 cm³/mol. The van der Waals surface area contributed by atoms with Gasteiger partial charge in [0.1, 0.15) is 0 Å². The van der Waals surface area contributed by atoms with Crippen LogP contribution in [0.25, 0.3) is 0 Å². The summed E-state index contributed by atoms with van der Waals surface area (Å²) >= 11 is 0. The Labute approximate surface area is 167 Å². The number of fused-ring (bicyclic) bond motifs is 5. The third kappa shape index (κ3) is 2.75. The molecule has 9 atom stereocenters. The van der Waals surface area contributed by atoms with Gasteiger partial charge < -0.3 is 4.90 Å². The van der Waals surface area contributed by atoms with Gasteiger partial charge in [0.2, 0.25) is 5.91 Å². The molecule has 4 rings (SSSR count). The third-order valence-corrected chi connectivity index (χ3v) is 10.4. The lowest BCUT2D eigenvalue weighted by atomic mass is 9.44. The van der Waals surface area contributed by atoms with Crippen molar-refractivity contribution in [3.8, 4) is 0 Å². The Morgan fingerprint density at radius 2 is 1.81 bits per heavy atom. The van der Waals surface area contributed by atoms with Crippen LogP contribution in [0.2, 0.25) is 0 Å². The number of nitrogens with zero attached hydrogens (tertiary/aromatic N) is 1. The zero-order valence-electron chi connectivity index (χ0n) is 18.8. The van der Waals surface area contributed by atoms with E-state index in [0.29, 0.717) is 22.8 Å². The van der Waals surface area contributed by atoms with E-state index in [1.54, 1.807) is 0 Å². The number of rotatable bonds is 3. The van der Waals surface area contributed by atoms with Gasteiger partial charge in [0.15, 0.2) is 0 Å². The maximum atomic E-state index is 12.4. The molecule has 0 bridgehead atoms. The van der Waals surface area contributed by atoms with E-state index < -0.39 is 0 Å². The normalized spacial score (nSPS) is 50.7. The van der Waals surface area contributed by atoms with Crippen LogP contribution in [0.4, 0.5) is 0 Å². The van der Waals surface area contributed by atoms with Gasteiger partial charge in [0, 0.05) is 19.5 Å². The fourth-order valence-corrected chi connectivity index (χ4v) is 9.09. The van der Waals surface area contributed by atoms with E-state index in [0.717, 1.165) is 48.3 Å². The zero-order chi connectivity index (χ0) is 19.6. The summed E-state index contributed by atoms with van der Waals surface area (Å²) < 4.78 is 0. The van der Waals surface area contributed by atoms with Gasteiger partial charge in [-0.2, -0.15) is 0 Å². The highest BCUT2D eigenvalue weighted by atomic mass is 16.2. The van der Waals surface area contributed by atoms with Crippen molar-refractivity contribution in [3.63, 3.8) is 0 Å². The molecule has 1 heterocycles. The van der Waals surface area contributed by atoms with E-state index in [4.69, 9.17) is 0 Å². The predicted octanol–water partition coefficient (Wildman–Crippen LogP) is 6.15. The highest BCUT2D eigenvalue weighted by Gasteiger charge is 2.63. The summed E-state index contributed by atoms with van der Waals surface area (Å²) in [6.45, 7) is 12.7. The molecule has 0 aromatic carbocycles. The van der Waals surface area contributed by atoms with Gasteiger partial charge in [-0.15, -0.1) is 0 Å². The monoisotopic (exact) mass is 373 g/mol. The van der Waals surface area contributed by atoms with Crippen molar-refractivity contribution in [2.45, 2.75) is 98.4 Å². The first-order chi connectivity index (χ1) is 12.7. The Morgan fingerprint density at radius 3 is 2.52 bits per heavy atom. The molecule has 154 valence electrons. The first kappa shape index (κ1) is 19.8. The summed E-state index contributed by atoms with van der Waals surface area (Å²) in [6, 6.07) is 0.482. The molecule has 27 heavy (non-hydrogen) atoms. The van der Waals surface area contributed by atoms with Crippen LogP contribution in [0.3, 0.4) is 0 Å². The fraction of sp³-hybridized carbons (Fsp3) is 0.960. The topological polar surface area (TPSA) is 20.3 Å². The summed E-state index contributed by atoms with van der Waals surface area (Å²) in [5.41, 5.74) is 0.928. The maximum Gasteiger partial charge on any atom is 0.222 e. The van der Waals surface area contributed by atoms with Crippen molar-refractivity contribution >= 4 is 5.91 Å². The lowest BCUT2D eigenvalue weighted by molar-refractivity contribution is -0.167. The highest BCUT2D eigenvalue weighted by Crippen LogP contribution is 2.68. The second-order valence-corrected chi connectivity index (χ2v) is 11.5. The lowest BCUT2D eigenvalue weighted by Gasteiger charge is -2.64. The van der Waals surface area contributed by atoms with Crippen molar-refractivity contribution < 1.29 is 4.79 Å². The standard InChI is InChI=1S/C25H43NO/c1-7-8-16(2)18-9-10-19-23-17(3)15-21-25(5,14-12-22(27)26(21)6)20(23)11-13-24(18,19)4/h16-21,23H,7-15H2,1-6H3/t16?,17?,18-,19+,20+,21?,23+,24-,25-/m1/s1. The summed E-state index contributed by atoms with van der Waals surface area (Å²) in [4.78, 5) is 14.5. The molecule has 3 unspecified atom stereocenters. The quantitative estimate of drug-likeness (QED) is 0.581. The van der Waals surface area contributed by atoms with Crippen molar-refractivity contribution in [2.75, 3.05) is 7.05 Å². The molecule has 1 saturated heterocycles. The summed E-state index contributed by atoms with van der Waals surface area (Å²) in [5, 5.41) is 0. The van der Waals surface area contributed by atoms with Crippen LogP contribution < -0.4 is 0 Å². The molecule has 1 amide bonds. The minimum absolute atomic E-state index is 0.355. The number of likely N-dealkylation sites (tertiary alicyclic amines) is 1. The Hall–Kier alpha value is -0.530. The second kappa shape index (κ2) is 6.77. The minimum atomic E-state index is 0.355. The van der Waals surface area contributed by atoms with Gasteiger partial charge in [0.25, 0.3) is 0 Å². The molecule has 0 spiro atoms. The molecule has 3 saturated carbocycles. The highest BCUT2D eigenvalue weighted by molar-refractivity contribution is 5.77. The SMILES string of the molecule is CCCC(C)[C@H]1CC[C@H]2[C@@H]3C(C)CC4N(C)C(=O)CC[C@]4(C)[C@H]3CC[C@]12C. The van der Waals surface area contributed by atoms with Gasteiger partial charge in [-0.05, 0) is 84.9 Å². The largest absolute Gasteiger partial charge is 0.342 e. The lowest BCUT2D eigenvalue weighted by Crippen LogP contribution is -2.63. The second-order valence-electron chi connectivity index (χ2n) is 11.5.